The Labute approximate surface area is 136 Å². The number of Topliss-reactive ketones (excluding diaryl/α,β-unsaturated/α-hetero) is 1. The Bertz CT molecular complexity index is 782. The van der Waals surface area contributed by atoms with Crippen LogP contribution in [0.1, 0.15) is 64.8 Å². The Morgan fingerprint density at radius 2 is 1.61 bits per heavy atom. The van der Waals surface area contributed by atoms with Crippen LogP contribution in [0.25, 0.3) is 11.1 Å². The van der Waals surface area contributed by atoms with Crippen LogP contribution in [0.3, 0.4) is 0 Å². The average molecular weight is 304 g/mol. The van der Waals surface area contributed by atoms with Gasteiger partial charge in [-0.1, -0.05) is 68.1 Å². The zero-order valence-electron chi connectivity index (χ0n) is 13.2. The van der Waals surface area contributed by atoms with Gasteiger partial charge in [0.15, 0.2) is 11.6 Å². The highest BCUT2D eigenvalue weighted by molar-refractivity contribution is 6.24. The van der Waals surface area contributed by atoms with Crippen LogP contribution >= 0.6 is 0 Å². The van der Waals surface area contributed by atoms with Gasteiger partial charge >= 0.3 is 0 Å². The van der Waals surface area contributed by atoms with Crippen molar-refractivity contribution in [1.82, 2.24) is 0 Å². The van der Waals surface area contributed by atoms with Gasteiger partial charge in [0.1, 0.15) is 0 Å². The molecule has 23 heavy (non-hydrogen) atoms. The lowest BCUT2D eigenvalue weighted by atomic mass is 9.92. The molecule has 0 N–H and O–H groups in total. The summed E-state index contributed by atoms with van der Waals surface area (Å²) in [5.41, 5.74) is 3.89. The Balaban J connectivity index is 1.66. The maximum atomic E-state index is 12.8. The molecule has 2 aliphatic rings. The quantitative estimate of drug-likeness (QED) is 0.632. The van der Waals surface area contributed by atoms with Gasteiger partial charge in [0.25, 0.3) is 0 Å². The summed E-state index contributed by atoms with van der Waals surface area (Å²) in [6.45, 7) is 0. The topological polar surface area (TPSA) is 34.1 Å². The van der Waals surface area contributed by atoms with Crippen molar-refractivity contribution in [3.63, 3.8) is 0 Å². The summed E-state index contributed by atoms with van der Waals surface area (Å²) >= 11 is 0. The molecule has 4 rings (SSSR count). The number of ketones is 2. The lowest BCUT2D eigenvalue weighted by Crippen LogP contribution is -2.05. The van der Waals surface area contributed by atoms with Crippen molar-refractivity contribution in [2.24, 2.45) is 5.92 Å². The summed E-state index contributed by atoms with van der Waals surface area (Å²) in [7, 11) is 0. The lowest BCUT2D eigenvalue weighted by molar-refractivity contribution is 0.0974. The van der Waals surface area contributed by atoms with E-state index < -0.39 is 0 Å². The van der Waals surface area contributed by atoms with Gasteiger partial charge in [0.2, 0.25) is 0 Å². The van der Waals surface area contributed by atoms with Crippen LogP contribution in [0.5, 0.6) is 0 Å². The third-order valence-corrected chi connectivity index (χ3v) is 5.30. The number of rotatable bonds is 4. The standard InChI is InChI=1S/C21H20O2/c22-19(13-12-14-6-1-2-7-14)17-10-5-11-18-20(17)15-8-3-4-9-16(15)21(18)23/h3-5,8-11,14H,1-2,6-7,12-13H2. The molecule has 116 valence electrons. The Morgan fingerprint density at radius 3 is 2.39 bits per heavy atom. The first kappa shape index (κ1) is 14.4. The van der Waals surface area contributed by atoms with Crippen molar-refractivity contribution in [1.29, 1.82) is 0 Å². The molecule has 2 aromatic carbocycles. The van der Waals surface area contributed by atoms with Crippen molar-refractivity contribution in [3.05, 3.63) is 59.2 Å². The van der Waals surface area contributed by atoms with Gasteiger partial charge in [-0.3, -0.25) is 9.59 Å². The van der Waals surface area contributed by atoms with Gasteiger partial charge in [0.05, 0.1) is 0 Å². The molecule has 0 atom stereocenters. The highest BCUT2D eigenvalue weighted by atomic mass is 16.1. The summed E-state index contributed by atoms with van der Waals surface area (Å²) in [5.74, 6) is 0.934. The van der Waals surface area contributed by atoms with E-state index in [-0.39, 0.29) is 11.6 Å². The third kappa shape index (κ3) is 2.42. The predicted octanol–water partition coefficient (Wildman–Crippen LogP) is 5.05. The van der Waals surface area contributed by atoms with E-state index in [2.05, 4.69) is 0 Å². The molecule has 0 unspecified atom stereocenters. The molecule has 0 heterocycles. The molecule has 0 radical (unpaired) electrons. The lowest BCUT2D eigenvalue weighted by Gasteiger charge is -2.10. The second-order valence-electron chi connectivity index (χ2n) is 6.72. The van der Waals surface area contributed by atoms with E-state index in [1.807, 2.05) is 42.5 Å². The van der Waals surface area contributed by atoms with Crippen molar-refractivity contribution in [2.75, 3.05) is 0 Å². The predicted molar refractivity (Wildman–Crippen MR) is 90.8 cm³/mol. The van der Waals surface area contributed by atoms with E-state index in [1.165, 1.54) is 25.7 Å². The van der Waals surface area contributed by atoms with E-state index >= 15 is 0 Å². The van der Waals surface area contributed by atoms with E-state index in [1.54, 1.807) is 0 Å². The van der Waals surface area contributed by atoms with Gasteiger partial charge in [-0.15, -0.1) is 0 Å². The molecule has 0 aromatic heterocycles. The molecular formula is C21H20O2. The van der Waals surface area contributed by atoms with Crippen LogP contribution in [0.2, 0.25) is 0 Å². The van der Waals surface area contributed by atoms with Gasteiger partial charge in [-0.05, 0) is 17.9 Å². The molecule has 0 amide bonds. The number of hydrogen-bond donors (Lipinski definition) is 0. The molecule has 2 aliphatic carbocycles. The van der Waals surface area contributed by atoms with Crippen LogP contribution in [0.4, 0.5) is 0 Å². The van der Waals surface area contributed by atoms with Gasteiger partial charge in [-0.25, -0.2) is 0 Å². The summed E-state index contributed by atoms with van der Waals surface area (Å²) < 4.78 is 0. The minimum absolute atomic E-state index is 0.0426. The first-order valence-electron chi connectivity index (χ1n) is 8.56. The first-order valence-corrected chi connectivity index (χ1v) is 8.56. The number of fused-ring (bicyclic) bond motifs is 3. The zero-order valence-corrected chi connectivity index (χ0v) is 13.2. The number of benzene rings is 2. The van der Waals surface area contributed by atoms with Crippen LogP contribution in [-0.2, 0) is 0 Å². The smallest absolute Gasteiger partial charge is 0.194 e. The van der Waals surface area contributed by atoms with Crippen LogP contribution in [-0.4, -0.2) is 11.6 Å². The van der Waals surface area contributed by atoms with Gasteiger partial charge in [0, 0.05) is 28.7 Å². The summed E-state index contributed by atoms with van der Waals surface area (Å²) in [6, 6.07) is 13.2. The number of hydrogen-bond acceptors (Lipinski definition) is 2. The van der Waals surface area contributed by atoms with Crippen molar-refractivity contribution < 1.29 is 9.59 Å². The molecule has 0 aliphatic heterocycles. The van der Waals surface area contributed by atoms with E-state index in [0.717, 1.165) is 28.7 Å². The highest BCUT2D eigenvalue weighted by Crippen LogP contribution is 2.39. The third-order valence-electron chi connectivity index (χ3n) is 5.30. The maximum absolute atomic E-state index is 12.8. The number of carbonyl (C=O) groups is 2. The van der Waals surface area contributed by atoms with Crippen molar-refractivity contribution in [3.8, 4) is 11.1 Å². The van der Waals surface area contributed by atoms with Crippen LogP contribution in [0.15, 0.2) is 42.5 Å². The summed E-state index contributed by atoms with van der Waals surface area (Å²) in [5, 5.41) is 0. The largest absolute Gasteiger partial charge is 0.294 e. The number of carbonyl (C=O) groups excluding carboxylic acids is 2. The van der Waals surface area contributed by atoms with E-state index in [4.69, 9.17) is 0 Å². The molecular weight excluding hydrogens is 284 g/mol. The monoisotopic (exact) mass is 304 g/mol. The molecule has 1 saturated carbocycles. The van der Waals surface area contributed by atoms with Crippen molar-refractivity contribution >= 4 is 11.6 Å². The fourth-order valence-electron chi connectivity index (χ4n) is 4.08. The molecule has 2 nitrogen and oxygen atoms in total. The molecule has 0 saturated heterocycles. The first-order chi connectivity index (χ1) is 11.3. The fourth-order valence-corrected chi connectivity index (χ4v) is 4.08. The van der Waals surface area contributed by atoms with E-state index in [0.29, 0.717) is 17.9 Å². The Morgan fingerprint density at radius 1 is 0.913 bits per heavy atom. The zero-order chi connectivity index (χ0) is 15.8. The normalized spacial score (nSPS) is 16.4. The highest BCUT2D eigenvalue weighted by Gasteiger charge is 2.30. The molecule has 2 aromatic rings. The summed E-state index contributed by atoms with van der Waals surface area (Å²) in [6.07, 6.45) is 6.72. The fraction of sp³-hybridized carbons (Fsp3) is 0.333. The van der Waals surface area contributed by atoms with Crippen LogP contribution < -0.4 is 0 Å². The second kappa shape index (κ2) is 5.77. The van der Waals surface area contributed by atoms with Gasteiger partial charge < -0.3 is 0 Å². The molecule has 0 bridgehead atoms. The molecule has 1 fully saturated rings. The average Bonchev–Trinajstić information content (AvgIpc) is 3.20. The molecule has 2 heteroatoms. The Kier molecular flexibility index (Phi) is 3.60. The minimum atomic E-state index is 0.0426. The second-order valence-corrected chi connectivity index (χ2v) is 6.72. The van der Waals surface area contributed by atoms with Crippen molar-refractivity contribution in [2.45, 2.75) is 38.5 Å². The van der Waals surface area contributed by atoms with Crippen LogP contribution in [0, 0.1) is 5.92 Å². The Hall–Kier alpha value is -2.22. The summed E-state index contributed by atoms with van der Waals surface area (Å²) in [4.78, 5) is 25.3. The minimum Gasteiger partial charge on any atom is -0.294 e. The maximum Gasteiger partial charge on any atom is 0.194 e. The van der Waals surface area contributed by atoms with E-state index in [9.17, 15) is 9.59 Å². The van der Waals surface area contributed by atoms with Gasteiger partial charge in [-0.2, -0.15) is 0 Å². The molecule has 0 spiro atoms. The SMILES string of the molecule is O=C(CCC1CCCC1)c1cccc2c1-c1ccccc1C2=O.